The van der Waals surface area contributed by atoms with Crippen LogP contribution in [-0.4, -0.2) is 89.1 Å². The van der Waals surface area contributed by atoms with Crippen molar-refractivity contribution in [1.82, 2.24) is 10.2 Å². The molecular weight excluding hydrogens is 440 g/mol. The Morgan fingerprint density at radius 2 is 1.94 bits per heavy atom. The summed E-state index contributed by atoms with van der Waals surface area (Å²) in [5, 5.41) is 30.1. The van der Waals surface area contributed by atoms with E-state index in [-0.39, 0.29) is 17.6 Å². The summed E-state index contributed by atoms with van der Waals surface area (Å²) < 4.78 is 5.37. The Morgan fingerprint density at radius 1 is 1.15 bits per heavy atom. The van der Waals surface area contributed by atoms with Crippen molar-refractivity contribution in [2.45, 2.75) is 29.9 Å². The molecule has 5 atom stereocenters. The van der Waals surface area contributed by atoms with E-state index in [9.17, 15) is 15.0 Å². The molecule has 1 aliphatic carbocycles. The van der Waals surface area contributed by atoms with E-state index in [1.807, 2.05) is 30.3 Å². The van der Waals surface area contributed by atoms with Gasteiger partial charge in [-0.1, -0.05) is 48.2 Å². The van der Waals surface area contributed by atoms with Crippen LogP contribution in [0.4, 0.5) is 5.69 Å². The molecule has 0 bridgehead atoms. The Morgan fingerprint density at radius 3 is 2.79 bits per heavy atom. The van der Waals surface area contributed by atoms with E-state index >= 15 is 0 Å². The molecule has 9 heteroatoms. The zero-order valence-corrected chi connectivity index (χ0v) is 19.2. The summed E-state index contributed by atoms with van der Waals surface area (Å²) in [6.07, 6.45) is -1.72. The molecule has 2 heterocycles. The standard InChI is InChI=1S/C24H30N4O4S/c29-19-14-17(23(31)25-8-9-28-10-12-32-13-11-28)22-20(21(19)30)27-24(33-22)26-18-7-3-5-15-4-1-2-6-16(15)18/h1-7,17,19-22,29-30H,8-14H2,(H,25,31)(H,26,27)/t17-,19+,20-,21-,22+/m0/s1. The van der Waals surface area contributed by atoms with Gasteiger partial charge in [0.1, 0.15) is 6.10 Å². The lowest BCUT2D eigenvalue weighted by Crippen LogP contribution is -2.54. The van der Waals surface area contributed by atoms with Crippen LogP contribution in [0.2, 0.25) is 0 Å². The minimum absolute atomic E-state index is 0.0849. The average Bonchev–Trinajstić information content (AvgIpc) is 3.26. The van der Waals surface area contributed by atoms with Crippen LogP contribution in [0.25, 0.3) is 10.8 Å². The minimum atomic E-state index is -0.980. The van der Waals surface area contributed by atoms with Gasteiger partial charge in [0.05, 0.1) is 31.3 Å². The first kappa shape index (κ1) is 22.6. The van der Waals surface area contributed by atoms with Crippen LogP contribution < -0.4 is 10.6 Å². The third kappa shape index (κ3) is 4.88. The first-order valence-electron chi connectivity index (χ1n) is 11.5. The summed E-state index contributed by atoms with van der Waals surface area (Å²) in [5.74, 6) is -0.503. The number of amidine groups is 1. The normalized spacial score (nSPS) is 30.0. The van der Waals surface area contributed by atoms with Crippen molar-refractivity contribution in [1.29, 1.82) is 0 Å². The lowest BCUT2D eigenvalue weighted by Gasteiger charge is -2.37. The summed E-state index contributed by atoms with van der Waals surface area (Å²) in [4.78, 5) is 20.0. The van der Waals surface area contributed by atoms with Crippen LogP contribution in [0.15, 0.2) is 47.5 Å². The maximum absolute atomic E-state index is 13.0. The number of hydrogen-bond acceptors (Lipinski definition) is 8. The topological polar surface area (TPSA) is 106 Å². The van der Waals surface area contributed by atoms with Crippen LogP contribution in [-0.2, 0) is 9.53 Å². The maximum Gasteiger partial charge on any atom is 0.224 e. The van der Waals surface area contributed by atoms with E-state index in [0.29, 0.717) is 11.7 Å². The van der Waals surface area contributed by atoms with E-state index in [1.54, 1.807) is 0 Å². The molecule has 8 nitrogen and oxygen atoms in total. The van der Waals surface area contributed by atoms with E-state index < -0.39 is 24.2 Å². The average molecular weight is 471 g/mol. The Balaban J connectivity index is 1.25. The number of amides is 1. The Hall–Kier alpha value is -2.17. The number of ether oxygens (including phenoxy) is 1. The third-order valence-corrected chi connectivity index (χ3v) is 8.00. The molecule has 2 fully saturated rings. The Kier molecular flexibility index (Phi) is 6.84. The van der Waals surface area contributed by atoms with Gasteiger partial charge in [0.25, 0.3) is 0 Å². The van der Waals surface area contributed by atoms with Crippen LogP contribution in [0.3, 0.4) is 0 Å². The zero-order valence-electron chi connectivity index (χ0n) is 18.4. The first-order valence-corrected chi connectivity index (χ1v) is 12.4. The van der Waals surface area contributed by atoms with E-state index in [4.69, 9.17) is 4.74 Å². The van der Waals surface area contributed by atoms with Crippen molar-refractivity contribution in [2.24, 2.45) is 10.9 Å². The number of rotatable bonds is 5. The number of anilines is 1. The van der Waals surface area contributed by atoms with Gasteiger partial charge in [-0.15, -0.1) is 0 Å². The zero-order chi connectivity index (χ0) is 22.8. The molecule has 4 N–H and O–H groups in total. The molecule has 0 radical (unpaired) electrons. The molecule has 176 valence electrons. The fraction of sp³-hybridized carbons (Fsp3) is 0.500. The van der Waals surface area contributed by atoms with E-state index in [2.05, 4.69) is 32.7 Å². The second-order valence-corrected chi connectivity index (χ2v) is 9.97. The van der Waals surface area contributed by atoms with Crippen molar-refractivity contribution in [2.75, 3.05) is 44.7 Å². The van der Waals surface area contributed by atoms with Gasteiger partial charge in [-0.2, -0.15) is 0 Å². The summed E-state index contributed by atoms with van der Waals surface area (Å²) in [6.45, 7) is 4.54. The molecule has 0 aromatic heterocycles. The Bertz CT molecular complexity index is 1020. The summed E-state index contributed by atoms with van der Waals surface area (Å²) in [7, 11) is 0. The number of aliphatic imine (C=N–C) groups is 1. The van der Waals surface area contributed by atoms with Gasteiger partial charge in [-0.25, -0.2) is 0 Å². The number of aliphatic hydroxyl groups is 2. The highest BCUT2D eigenvalue weighted by Gasteiger charge is 2.50. The maximum atomic E-state index is 13.0. The highest BCUT2D eigenvalue weighted by Crippen LogP contribution is 2.41. The molecular formula is C24H30N4O4S. The largest absolute Gasteiger partial charge is 0.390 e. The number of carbonyl (C=O) groups excluding carboxylic acids is 1. The van der Waals surface area contributed by atoms with Gasteiger partial charge in [-0.05, 0) is 17.9 Å². The fourth-order valence-corrected chi connectivity index (χ4v) is 6.22. The summed E-state index contributed by atoms with van der Waals surface area (Å²) in [6, 6.07) is 13.6. The molecule has 33 heavy (non-hydrogen) atoms. The molecule has 2 aromatic carbocycles. The van der Waals surface area contributed by atoms with Gasteiger partial charge in [0, 0.05) is 42.5 Å². The van der Waals surface area contributed by atoms with Crippen LogP contribution >= 0.6 is 11.8 Å². The predicted molar refractivity (Wildman–Crippen MR) is 131 cm³/mol. The lowest BCUT2D eigenvalue weighted by atomic mass is 9.81. The van der Waals surface area contributed by atoms with Crippen molar-refractivity contribution in [3.63, 3.8) is 0 Å². The van der Waals surface area contributed by atoms with E-state index in [0.717, 1.165) is 49.3 Å². The van der Waals surface area contributed by atoms with Crippen molar-refractivity contribution in [3.05, 3.63) is 42.5 Å². The van der Waals surface area contributed by atoms with Gasteiger partial charge in [0.2, 0.25) is 5.91 Å². The molecule has 3 aliphatic rings. The highest BCUT2D eigenvalue weighted by molar-refractivity contribution is 8.15. The number of aliphatic hydroxyl groups excluding tert-OH is 2. The number of nitrogens with zero attached hydrogens (tertiary/aromatic N) is 2. The molecule has 0 unspecified atom stereocenters. The first-order chi connectivity index (χ1) is 16.1. The molecule has 2 aliphatic heterocycles. The quantitative estimate of drug-likeness (QED) is 0.522. The molecule has 2 aromatic rings. The smallest absolute Gasteiger partial charge is 0.224 e. The van der Waals surface area contributed by atoms with Gasteiger partial charge in [-0.3, -0.25) is 14.7 Å². The van der Waals surface area contributed by atoms with Crippen LogP contribution in [0, 0.1) is 5.92 Å². The summed E-state index contributed by atoms with van der Waals surface area (Å²) in [5.41, 5.74) is 0.930. The molecule has 1 amide bonds. The molecule has 5 rings (SSSR count). The SMILES string of the molecule is O=C(NCCN1CCOCC1)[C@H]1C[C@@H](O)[C@H](O)[C@@H]2N=C(Nc3cccc4ccccc34)S[C@@H]21. The van der Waals surface area contributed by atoms with Gasteiger partial charge >= 0.3 is 0 Å². The monoisotopic (exact) mass is 470 g/mol. The van der Waals surface area contributed by atoms with Gasteiger partial charge in [0.15, 0.2) is 5.17 Å². The van der Waals surface area contributed by atoms with Crippen LogP contribution in [0.1, 0.15) is 6.42 Å². The molecule has 1 saturated carbocycles. The summed E-state index contributed by atoms with van der Waals surface area (Å²) >= 11 is 1.48. The van der Waals surface area contributed by atoms with Crippen molar-refractivity contribution < 1.29 is 19.7 Å². The Labute approximate surface area is 197 Å². The number of morpholine rings is 1. The van der Waals surface area contributed by atoms with Crippen molar-refractivity contribution >= 4 is 39.3 Å². The van der Waals surface area contributed by atoms with Gasteiger partial charge < -0.3 is 25.6 Å². The second-order valence-electron chi connectivity index (χ2n) is 8.80. The molecule has 1 saturated heterocycles. The van der Waals surface area contributed by atoms with Crippen LogP contribution in [0.5, 0.6) is 0 Å². The number of thioether (sulfide) groups is 1. The molecule has 0 spiro atoms. The number of nitrogens with one attached hydrogen (secondary N) is 2. The number of hydrogen-bond donors (Lipinski definition) is 4. The highest BCUT2D eigenvalue weighted by atomic mass is 32.2. The predicted octanol–water partition coefficient (Wildman–Crippen LogP) is 1.28. The fourth-order valence-electron chi connectivity index (χ4n) is 4.85. The number of fused-ring (bicyclic) bond motifs is 2. The van der Waals surface area contributed by atoms with E-state index in [1.165, 1.54) is 11.8 Å². The minimum Gasteiger partial charge on any atom is -0.390 e. The van der Waals surface area contributed by atoms with Crippen molar-refractivity contribution in [3.8, 4) is 0 Å². The third-order valence-electron chi connectivity index (χ3n) is 6.69. The number of benzene rings is 2. The lowest BCUT2D eigenvalue weighted by molar-refractivity contribution is -0.129. The number of carbonyl (C=O) groups is 1. The second kappa shape index (κ2) is 9.99.